The summed E-state index contributed by atoms with van der Waals surface area (Å²) in [5.41, 5.74) is 7.91. The lowest BCUT2D eigenvalue weighted by atomic mass is 10.0. The Balaban J connectivity index is 2.81. The lowest BCUT2D eigenvalue weighted by Crippen LogP contribution is -2.38. The fraction of sp³-hybridized carbons (Fsp3) is 0.571. The molecule has 0 saturated carbocycles. The van der Waals surface area contributed by atoms with Crippen LogP contribution in [0.2, 0.25) is 0 Å². The third-order valence-corrected chi connectivity index (χ3v) is 3.23. The number of nitrogens with two attached hydrogens (primary N) is 1. The molecule has 0 fully saturated rings. The summed E-state index contributed by atoms with van der Waals surface area (Å²) in [6.45, 7) is 8.33. The van der Waals surface area contributed by atoms with Gasteiger partial charge in [-0.25, -0.2) is 0 Å². The summed E-state index contributed by atoms with van der Waals surface area (Å²) in [5, 5.41) is 0. The van der Waals surface area contributed by atoms with E-state index in [1.807, 2.05) is 18.2 Å². The Hall–Kier alpha value is -1.06. The van der Waals surface area contributed by atoms with Gasteiger partial charge in [-0.2, -0.15) is 0 Å². The number of rotatable bonds is 6. The SMILES string of the molecule is CCN(C(C)COC)C(C)c1cccc(N)c1. The number of benzene rings is 1. The van der Waals surface area contributed by atoms with E-state index in [4.69, 9.17) is 10.5 Å². The summed E-state index contributed by atoms with van der Waals surface area (Å²) < 4.78 is 5.23. The Labute approximate surface area is 105 Å². The molecule has 0 aliphatic carbocycles. The first-order valence-electron chi connectivity index (χ1n) is 6.20. The zero-order chi connectivity index (χ0) is 12.8. The zero-order valence-corrected chi connectivity index (χ0v) is 11.3. The molecule has 0 aromatic heterocycles. The van der Waals surface area contributed by atoms with E-state index < -0.39 is 0 Å². The molecule has 1 aromatic rings. The number of ether oxygens (including phenoxy) is 1. The quantitative estimate of drug-likeness (QED) is 0.772. The van der Waals surface area contributed by atoms with Crippen LogP contribution in [0.1, 0.15) is 32.4 Å². The van der Waals surface area contributed by atoms with E-state index in [2.05, 4.69) is 31.7 Å². The van der Waals surface area contributed by atoms with Gasteiger partial charge in [0.25, 0.3) is 0 Å². The van der Waals surface area contributed by atoms with Crippen molar-refractivity contribution >= 4 is 5.69 Å². The maximum Gasteiger partial charge on any atom is 0.0615 e. The molecule has 0 aliphatic heterocycles. The second kappa shape index (κ2) is 6.62. The maximum atomic E-state index is 5.83. The Kier molecular flexibility index (Phi) is 5.45. The van der Waals surface area contributed by atoms with E-state index in [-0.39, 0.29) is 0 Å². The van der Waals surface area contributed by atoms with Crippen molar-refractivity contribution in [3.8, 4) is 0 Å². The molecular weight excluding hydrogens is 212 g/mol. The lowest BCUT2D eigenvalue weighted by molar-refractivity contribution is 0.0782. The molecule has 0 saturated heterocycles. The molecule has 0 spiro atoms. The van der Waals surface area contributed by atoms with Crippen molar-refractivity contribution in [3.63, 3.8) is 0 Å². The van der Waals surface area contributed by atoms with Crippen LogP contribution in [0.5, 0.6) is 0 Å². The lowest BCUT2D eigenvalue weighted by Gasteiger charge is -2.33. The molecule has 3 nitrogen and oxygen atoms in total. The van der Waals surface area contributed by atoms with Gasteiger partial charge in [-0.15, -0.1) is 0 Å². The predicted octanol–water partition coefficient (Wildman–Crippen LogP) is 2.69. The highest BCUT2D eigenvalue weighted by atomic mass is 16.5. The van der Waals surface area contributed by atoms with Crippen LogP contribution in [0, 0.1) is 0 Å². The Morgan fingerprint density at radius 2 is 2.06 bits per heavy atom. The molecule has 1 aromatic carbocycles. The Bertz CT molecular complexity index is 341. The largest absolute Gasteiger partial charge is 0.399 e. The molecule has 0 bridgehead atoms. The fourth-order valence-electron chi connectivity index (χ4n) is 2.31. The van der Waals surface area contributed by atoms with Gasteiger partial charge in [0.1, 0.15) is 0 Å². The first kappa shape index (κ1) is 14.0. The Morgan fingerprint density at radius 1 is 1.35 bits per heavy atom. The molecule has 0 aliphatic rings. The molecule has 96 valence electrons. The van der Waals surface area contributed by atoms with Crippen LogP contribution in [0.25, 0.3) is 0 Å². The van der Waals surface area contributed by atoms with Crippen LogP contribution in [-0.4, -0.2) is 31.2 Å². The van der Waals surface area contributed by atoms with Gasteiger partial charge < -0.3 is 10.5 Å². The molecule has 0 radical (unpaired) electrons. The minimum absolute atomic E-state index is 0.355. The van der Waals surface area contributed by atoms with E-state index in [0.29, 0.717) is 12.1 Å². The van der Waals surface area contributed by atoms with E-state index in [0.717, 1.165) is 18.8 Å². The first-order chi connectivity index (χ1) is 8.10. The van der Waals surface area contributed by atoms with Gasteiger partial charge in [-0.1, -0.05) is 19.1 Å². The molecule has 2 N–H and O–H groups in total. The van der Waals surface area contributed by atoms with Crippen LogP contribution in [0.4, 0.5) is 5.69 Å². The van der Waals surface area contributed by atoms with Gasteiger partial charge in [0.15, 0.2) is 0 Å². The molecule has 2 atom stereocenters. The topological polar surface area (TPSA) is 38.5 Å². The van der Waals surface area contributed by atoms with Gasteiger partial charge in [0.05, 0.1) is 6.61 Å². The van der Waals surface area contributed by atoms with Crippen LogP contribution < -0.4 is 5.73 Å². The number of nitrogen functional groups attached to an aromatic ring is 1. The second-order valence-electron chi connectivity index (χ2n) is 4.48. The highest BCUT2D eigenvalue weighted by molar-refractivity contribution is 5.41. The number of anilines is 1. The fourth-order valence-corrected chi connectivity index (χ4v) is 2.31. The standard InChI is InChI=1S/C14H24N2O/c1-5-16(11(2)10-17-4)12(3)13-7-6-8-14(15)9-13/h6-9,11-12H,5,10,15H2,1-4H3. The van der Waals surface area contributed by atoms with Crippen molar-refractivity contribution in [2.45, 2.75) is 32.9 Å². The van der Waals surface area contributed by atoms with E-state index in [9.17, 15) is 0 Å². The van der Waals surface area contributed by atoms with Crippen LogP contribution >= 0.6 is 0 Å². The van der Waals surface area contributed by atoms with Crippen molar-refractivity contribution in [2.24, 2.45) is 0 Å². The van der Waals surface area contributed by atoms with Crippen LogP contribution in [-0.2, 0) is 4.74 Å². The number of hydrogen-bond donors (Lipinski definition) is 1. The third kappa shape index (κ3) is 3.72. The van der Waals surface area contributed by atoms with Gasteiger partial charge in [-0.3, -0.25) is 4.90 Å². The van der Waals surface area contributed by atoms with Crippen molar-refractivity contribution in [1.82, 2.24) is 4.90 Å². The van der Waals surface area contributed by atoms with Gasteiger partial charge >= 0.3 is 0 Å². The summed E-state index contributed by atoms with van der Waals surface area (Å²) in [4.78, 5) is 2.41. The normalized spacial score (nSPS) is 14.9. The molecule has 0 heterocycles. The minimum atomic E-state index is 0.355. The summed E-state index contributed by atoms with van der Waals surface area (Å²) in [6.07, 6.45) is 0. The average Bonchev–Trinajstić information content (AvgIpc) is 2.30. The minimum Gasteiger partial charge on any atom is -0.399 e. The van der Waals surface area contributed by atoms with E-state index in [1.165, 1.54) is 5.56 Å². The highest BCUT2D eigenvalue weighted by Gasteiger charge is 2.19. The third-order valence-electron chi connectivity index (χ3n) is 3.23. The second-order valence-corrected chi connectivity index (χ2v) is 4.48. The molecule has 2 unspecified atom stereocenters. The van der Waals surface area contributed by atoms with Gasteiger partial charge in [0.2, 0.25) is 0 Å². The van der Waals surface area contributed by atoms with Gasteiger partial charge in [-0.05, 0) is 38.1 Å². The number of likely N-dealkylation sites (N-methyl/N-ethyl adjacent to an activating group) is 1. The average molecular weight is 236 g/mol. The van der Waals surface area contributed by atoms with Crippen molar-refractivity contribution in [2.75, 3.05) is 26.0 Å². The maximum absolute atomic E-state index is 5.83. The first-order valence-corrected chi connectivity index (χ1v) is 6.20. The molecule has 3 heteroatoms. The number of methoxy groups -OCH3 is 1. The monoisotopic (exact) mass is 236 g/mol. The van der Waals surface area contributed by atoms with E-state index >= 15 is 0 Å². The molecule has 17 heavy (non-hydrogen) atoms. The Morgan fingerprint density at radius 3 is 2.59 bits per heavy atom. The number of nitrogens with zero attached hydrogens (tertiary/aromatic N) is 1. The van der Waals surface area contributed by atoms with E-state index in [1.54, 1.807) is 7.11 Å². The summed E-state index contributed by atoms with van der Waals surface area (Å²) in [6, 6.07) is 8.87. The smallest absolute Gasteiger partial charge is 0.0615 e. The highest BCUT2D eigenvalue weighted by Crippen LogP contribution is 2.23. The van der Waals surface area contributed by atoms with Crippen molar-refractivity contribution < 1.29 is 4.74 Å². The van der Waals surface area contributed by atoms with Crippen LogP contribution in [0.15, 0.2) is 24.3 Å². The predicted molar refractivity (Wildman–Crippen MR) is 73.0 cm³/mol. The van der Waals surface area contributed by atoms with Crippen molar-refractivity contribution in [1.29, 1.82) is 0 Å². The summed E-state index contributed by atoms with van der Waals surface area (Å²) >= 11 is 0. The molecular formula is C14H24N2O. The van der Waals surface area contributed by atoms with Gasteiger partial charge in [0, 0.05) is 24.9 Å². The van der Waals surface area contributed by atoms with Crippen molar-refractivity contribution in [3.05, 3.63) is 29.8 Å². The summed E-state index contributed by atoms with van der Waals surface area (Å²) in [7, 11) is 1.75. The zero-order valence-electron chi connectivity index (χ0n) is 11.3. The summed E-state index contributed by atoms with van der Waals surface area (Å²) in [5.74, 6) is 0. The molecule has 0 amide bonds. The number of hydrogen-bond acceptors (Lipinski definition) is 3. The van der Waals surface area contributed by atoms with Crippen LogP contribution in [0.3, 0.4) is 0 Å². The molecule has 1 rings (SSSR count).